The van der Waals surface area contributed by atoms with Gasteiger partial charge in [-0.15, -0.1) is 0 Å². The quantitative estimate of drug-likeness (QED) is 0.671. The third-order valence-electron chi connectivity index (χ3n) is 5.28. The van der Waals surface area contributed by atoms with Crippen LogP contribution in [-0.2, 0) is 17.8 Å². The Morgan fingerprint density at radius 3 is 2.93 bits per heavy atom. The number of hydrogen-bond donors (Lipinski definition) is 1. The van der Waals surface area contributed by atoms with Crippen LogP contribution in [0.2, 0.25) is 0 Å². The van der Waals surface area contributed by atoms with Crippen molar-refractivity contribution < 1.29 is 4.79 Å². The van der Waals surface area contributed by atoms with Gasteiger partial charge in [0.05, 0.1) is 30.5 Å². The molecule has 1 saturated heterocycles. The van der Waals surface area contributed by atoms with E-state index in [-0.39, 0.29) is 11.9 Å². The number of aromatic nitrogens is 4. The van der Waals surface area contributed by atoms with Gasteiger partial charge >= 0.3 is 0 Å². The molecular formula is C22H26N6O. The lowest BCUT2D eigenvalue weighted by Crippen LogP contribution is -2.37. The second kappa shape index (κ2) is 8.96. The van der Waals surface area contributed by atoms with Crippen molar-refractivity contribution in [1.82, 2.24) is 29.7 Å². The van der Waals surface area contributed by atoms with Crippen LogP contribution in [0.5, 0.6) is 0 Å². The number of carbonyl (C=O) groups excluding carboxylic acids is 1. The fraction of sp³-hybridized carbons (Fsp3) is 0.364. The minimum atomic E-state index is 0.0154. The first-order chi connectivity index (χ1) is 14.2. The van der Waals surface area contributed by atoms with Gasteiger partial charge in [-0.3, -0.25) is 19.2 Å². The summed E-state index contributed by atoms with van der Waals surface area (Å²) in [6, 6.07) is 12.0. The number of nitrogens with zero attached hydrogens (tertiary/aromatic N) is 5. The summed E-state index contributed by atoms with van der Waals surface area (Å²) < 4.78 is 2.03. The van der Waals surface area contributed by atoms with Crippen molar-refractivity contribution in [1.29, 1.82) is 0 Å². The number of nitrogens with one attached hydrogen (secondary N) is 1. The van der Waals surface area contributed by atoms with Gasteiger partial charge in [-0.25, -0.2) is 9.97 Å². The number of pyridine rings is 2. The highest BCUT2D eigenvalue weighted by Gasteiger charge is 2.28. The molecule has 7 nitrogen and oxygen atoms in total. The lowest BCUT2D eigenvalue weighted by molar-refractivity contribution is -0.122. The van der Waals surface area contributed by atoms with Gasteiger partial charge in [0, 0.05) is 25.0 Å². The minimum Gasteiger partial charge on any atom is -0.349 e. The third kappa shape index (κ3) is 4.51. The molecule has 29 heavy (non-hydrogen) atoms. The second-order valence-corrected chi connectivity index (χ2v) is 7.21. The molecule has 0 aromatic carbocycles. The van der Waals surface area contributed by atoms with Gasteiger partial charge < -0.3 is 5.32 Å². The molecule has 0 saturated carbocycles. The standard InChI is InChI=1S/C22H26N6O/c1-2-20-24-12-14-28(20)21-10-5-8-18(26-21)19-9-6-13-27(19)16-22(29)25-15-17-7-3-4-11-23-17/h3-5,7-8,10-12,14,19H,2,6,9,13,15-16H2,1H3,(H,25,29)/t19-/m1/s1. The minimum absolute atomic E-state index is 0.0154. The summed E-state index contributed by atoms with van der Waals surface area (Å²) in [6.07, 6.45) is 8.42. The summed E-state index contributed by atoms with van der Waals surface area (Å²) in [4.78, 5) is 28.2. The number of likely N-dealkylation sites (tertiary alicyclic amines) is 1. The average molecular weight is 390 g/mol. The molecule has 4 heterocycles. The Balaban J connectivity index is 1.43. The highest BCUT2D eigenvalue weighted by molar-refractivity contribution is 5.78. The van der Waals surface area contributed by atoms with Gasteiger partial charge in [0.25, 0.3) is 0 Å². The summed E-state index contributed by atoms with van der Waals surface area (Å²) in [6.45, 7) is 3.81. The summed E-state index contributed by atoms with van der Waals surface area (Å²) >= 11 is 0. The lowest BCUT2D eigenvalue weighted by Gasteiger charge is -2.24. The SMILES string of the molecule is CCc1nccn1-c1cccc([C@H]2CCCN2CC(=O)NCc2ccccn2)n1. The molecule has 0 unspecified atom stereocenters. The Morgan fingerprint density at radius 2 is 2.10 bits per heavy atom. The number of rotatable bonds is 7. The lowest BCUT2D eigenvalue weighted by atomic mass is 10.1. The molecule has 4 rings (SSSR count). The van der Waals surface area contributed by atoms with Crippen LogP contribution < -0.4 is 5.32 Å². The molecule has 7 heteroatoms. The summed E-state index contributed by atoms with van der Waals surface area (Å²) in [5.74, 6) is 1.89. The molecule has 0 radical (unpaired) electrons. The van der Waals surface area contributed by atoms with E-state index in [0.717, 1.165) is 48.8 Å². The van der Waals surface area contributed by atoms with E-state index < -0.39 is 0 Å². The van der Waals surface area contributed by atoms with Crippen LogP contribution in [0.3, 0.4) is 0 Å². The van der Waals surface area contributed by atoms with Gasteiger partial charge in [0.2, 0.25) is 5.91 Å². The molecule has 1 aliphatic heterocycles. The molecule has 1 atom stereocenters. The van der Waals surface area contributed by atoms with E-state index in [9.17, 15) is 4.79 Å². The first-order valence-electron chi connectivity index (χ1n) is 10.1. The molecule has 1 fully saturated rings. The van der Waals surface area contributed by atoms with Crippen LogP contribution in [0, 0.1) is 0 Å². The highest BCUT2D eigenvalue weighted by atomic mass is 16.2. The van der Waals surface area contributed by atoms with Crippen molar-refractivity contribution in [2.45, 2.75) is 38.8 Å². The van der Waals surface area contributed by atoms with Gasteiger partial charge in [0.15, 0.2) is 0 Å². The van der Waals surface area contributed by atoms with Gasteiger partial charge in [-0.1, -0.05) is 19.1 Å². The van der Waals surface area contributed by atoms with Crippen LogP contribution in [0.15, 0.2) is 55.0 Å². The maximum absolute atomic E-state index is 12.5. The number of aryl methyl sites for hydroxylation is 1. The van der Waals surface area contributed by atoms with E-state index in [2.05, 4.69) is 33.2 Å². The monoisotopic (exact) mass is 390 g/mol. The van der Waals surface area contributed by atoms with Crippen LogP contribution >= 0.6 is 0 Å². The first kappa shape index (κ1) is 19.3. The zero-order valence-electron chi connectivity index (χ0n) is 16.7. The number of carbonyl (C=O) groups is 1. The topological polar surface area (TPSA) is 75.9 Å². The predicted octanol–water partition coefficient (Wildman–Crippen LogP) is 2.68. The van der Waals surface area contributed by atoms with Gasteiger partial charge in [0.1, 0.15) is 11.6 Å². The van der Waals surface area contributed by atoms with Crippen molar-refractivity contribution in [3.8, 4) is 5.82 Å². The maximum Gasteiger partial charge on any atom is 0.234 e. The fourth-order valence-electron chi connectivity index (χ4n) is 3.85. The van der Waals surface area contributed by atoms with Crippen LogP contribution in [-0.4, -0.2) is 43.4 Å². The molecule has 3 aromatic rings. The zero-order chi connectivity index (χ0) is 20.1. The predicted molar refractivity (Wildman–Crippen MR) is 110 cm³/mol. The Labute approximate surface area is 170 Å². The van der Waals surface area contributed by atoms with Crippen LogP contribution in [0.1, 0.15) is 43.0 Å². The van der Waals surface area contributed by atoms with Crippen molar-refractivity contribution >= 4 is 5.91 Å². The van der Waals surface area contributed by atoms with Crippen LogP contribution in [0.25, 0.3) is 5.82 Å². The molecule has 0 aliphatic carbocycles. The molecule has 0 spiro atoms. The van der Waals surface area contributed by atoms with Crippen molar-refractivity contribution in [3.63, 3.8) is 0 Å². The fourth-order valence-corrected chi connectivity index (χ4v) is 3.85. The van der Waals surface area contributed by atoms with E-state index >= 15 is 0 Å². The Hall–Kier alpha value is -3.06. The normalized spacial score (nSPS) is 16.8. The molecule has 1 amide bonds. The summed E-state index contributed by atoms with van der Waals surface area (Å²) in [5.41, 5.74) is 1.87. The summed E-state index contributed by atoms with van der Waals surface area (Å²) in [5, 5.41) is 2.97. The van der Waals surface area contributed by atoms with E-state index in [1.54, 1.807) is 12.4 Å². The molecule has 3 aromatic heterocycles. The molecule has 150 valence electrons. The molecule has 1 aliphatic rings. The zero-order valence-corrected chi connectivity index (χ0v) is 16.7. The highest BCUT2D eigenvalue weighted by Crippen LogP contribution is 2.30. The Bertz CT molecular complexity index is 955. The number of hydrogen-bond acceptors (Lipinski definition) is 5. The van der Waals surface area contributed by atoms with E-state index in [4.69, 9.17) is 4.98 Å². The summed E-state index contributed by atoms with van der Waals surface area (Å²) in [7, 11) is 0. The Morgan fingerprint density at radius 1 is 1.17 bits per heavy atom. The Kier molecular flexibility index (Phi) is 5.95. The van der Waals surface area contributed by atoms with Gasteiger partial charge in [-0.2, -0.15) is 0 Å². The van der Waals surface area contributed by atoms with Crippen molar-refractivity contribution in [2.75, 3.05) is 13.1 Å². The average Bonchev–Trinajstić information content (AvgIpc) is 3.42. The molecule has 1 N–H and O–H groups in total. The van der Waals surface area contributed by atoms with Crippen molar-refractivity contribution in [3.05, 3.63) is 72.2 Å². The van der Waals surface area contributed by atoms with Gasteiger partial charge in [-0.05, 0) is 43.7 Å². The van der Waals surface area contributed by atoms with E-state index in [0.29, 0.717) is 13.1 Å². The molecular weight excluding hydrogens is 364 g/mol. The maximum atomic E-state index is 12.5. The smallest absolute Gasteiger partial charge is 0.234 e. The third-order valence-corrected chi connectivity index (χ3v) is 5.28. The van der Waals surface area contributed by atoms with E-state index in [1.165, 1.54) is 0 Å². The largest absolute Gasteiger partial charge is 0.349 e. The second-order valence-electron chi connectivity index (χ2n) is 7.21. The van der Waals surface area contributed by atoms with E-state index in [1.807, 2.05) is 41.1 Å². The first-order valence-corrected chi connectivity index (χ1v) is 10.1. The number of amides is 1. The number of imidazole rings is 1. The molecule has 0 bridgehead atoms. The van der Waals surface area contributed by atoms with Crippen molar-refractivity contribution in [2.24, 2.45) is 0 Å². The van der Waals surface area contributed by atoms with Crippen LogP contribution in [0.4, 0.5) is 0 Å².